The van der Waals surface area contributed by atoms with Gasteiger partial charge < -0.3 is 15.0 Å². The van der Waals surface area contributed by atoms with Crippen molar-refractivity contribution in [2.45, 2.75) is 26.8 Å². The number of hydrogen-bond acceptors (Lipinski definition) is 6. The highest BCUT2D eigenvalue weighted by molar-refractivity contribution is 7.17. The molecule has 1 aliphatic heterocycles. The molecule has 0 aliphatic carbocycles. The Morgan fingerprint density at radius 2 is 1.84 bits per heavy atom. The molecule has 2 aromatic heterocycles. The lowest BCUT2D eigenvalue weighted by atomic mass is 9.94. The highest BCUT2D eigenvalue weighted by Gasteiger charge is 2.31. The summed E-state index contributed by atoms with van der Waals surface area (Å²) in [6, 6.07) is 12.3. The summed E-state index contributed by atoms with van der Waals surface area (Å²) in [4.78, 5) is 19.8. The molecule has 1 N–H and O–H groups in total. The van der Waals surface area contributed by atoms with Crippen LogP contribution < -0.4 is 10.1 Å². The Hall–Kier alpha value is -2.19. The molecule has 0 spiro atoms. The molecule has 1 atom stereocenters. The molecule has 0 saturated carbocycles. The third-order valence-electron chi connectivity index (χ3n) is 6.09. The number of benzene rings is 1. The van der Waals surface area contributed by atoms with Crippen LogP contribution in [-0.4, -0.2) is 55.5 Å². The summed E-state index contributed by atoms with van der Waals surface area (Å²) in [6.07, 6.45) is 0. The van der Waals surface area contributed by atoms with Crippen LogP contribution in [0.15, 0.2) is 41.8 Å². The van der Waals surface area contributed by atoms with Gasteiger partial charge in [0, 0.05) is 36.6 Å². The van der Waals surface area contributed by atoms with Gasteiger partial charge in [0.15, 0.2) is 0 Å². The molecule has 3 heterocycles. The van der Waals surface area contributed by atoms with E-state index >= 15 is 0 Å². The average molecular weight is 470 g/mol. The first-order valence-electron chi connectivity index (χ1n) is 11.1. The number of carbonyl (C=O) groups is 1. The SMILES string of the molecule is CCOc1ccc([C@@H](c2c(NC(=O)c3cccs3)sc(C)c2C)N2CCN(C)CC2)cc1. The molecular weight excluding hydrogens is 438 g/mol. The number of likely N-dealkylation sites (N-methyl/N-ethyl adjacent to an activating group) is 1. The van der Waals surface area contributed by atoms with E-state index in [-0.39, 0.29) is 11.9 Å². The Morgan fingerprint density at radius 3 is 2.47 bits per heavy atom. The fourth-order valence-electron chi connectivity index (χ4n) is 4.19. The van der Waals surface area contributed by atoms with Gasteiger partial charge in [0.2, 0.25) is 0 Å². The zero-order valence-electron chi connectivity index (χ0n) is 19.2. The van der Waals surface area contributed by atoms with E-state index in [0.717, 1.165) is 41.8 Å². The van der Waals surface area contributed by atoms with Gasteiger partial charge in [-0.3, -0.25) is 9.69 Å². The average Bonchev–Trinajstić information content (AvgIpc) is 3.41. The summed E-state index contributed by atoms with van der Waals surface area (Å²) >= 11 is 3.15. The largest absolute Gasteiger partial charge is 0.494 e. The predicted octanol–water partition coefficient (Wildman–Crippen LogP) is 5.41. The highest BCUT2D eigenvalue weighted by Crippen LogP contribution is 2.43. The first-order valence-corrected chi connectivity index (χ1v) is 12.8. The standard InChI is InChI=1S/C25H31N3O2S2/c1-5-30-20-10-8-19(9-11-20)23(28-14-12-27(4)13-15-28)22-17(2)18(3)32-25(22)26-24(29)21-7-6-16-31-21/h6-11,16,23H,5,12-15H2,1-4H3,(H,26,29)/t23-/m0/s1. The first-order chi connectivity index (χ1) is 15.5. The Morgan fingerprint density at radius 1 is 1.12 bits per heavy atom. The van der Waals surface area contributed by atoms with Gasteiger partial charge in [-0.15, -0.1) is 22.7 Å². The molecule has 1 saturated heterocycles. The minimum absolute atomic E-state index is 0.0358. The van der Waals surface area contributed by atoms with E-state index < -0.39 is 0 Å². The van der Waals surface area contributed by atoms with Crippen molar-refractivity contribution < 1.29 is 9.53 Å². The summed E-state index contributed by atoms with van der Waals surface area (Å²) in [5.74, 6) is 0.851. The topological polar surface area (TPSA) is 44.8 Å². The van der Waals surface area contributed by atoms with Crippen molar-refractivity contribution in [3.63, 3.8) is 0 Å². The summed E-state index contributed by atoms with van der Waals surface area (Å²) < 4.78 is 5.68. The molecule has 0 unspecified atom stereocenters. The van der Waals surface area contributed by atoms with Gasteiger partial charge in [0.25, 0.3) is 5.91 Å². The molecule has 1 amide bonds. The second kappa shape index (κ2) is 10.2. The predicted molar refractivity (Wildman–Crippen MR) is 135 cm³/mol. The molecule has 32 heavy (non-hydrogen) atoms. The van der Waals surface area contributed by atoms with Crippen LogP contribution in [-0.2, 0) is 0 Å². The van der Waals surface area contributed by atoms with E-state index in [1.807, 2.05) is 24.4 Å². The maximum atomic E-state index is 12.9. The van der Waals surface area contributed by atoms with Crippen LogP contribution in [0, 0.1) is 13.8 Å². The highest BCUT2D eigenvalue weighted by atomic mass is 32.1. The number of hydrogen-bond donors (Lipinski definition) is 1. The molecule has 4 rings (SSSR count). The third kappa shape index (κ3) is 4.91. The Bertz CT molecular complexity index is 1040. The van der Waals surface area contributed by atoms with Crippen molar-refractivity contribution >= 4 is 33.6 Å². The second-order valence-electron chi connectivity index (χ2n) is 8.20. The van der Waals surface area contributed by atoms with E-state index in [0.29, 0.717) is 6.61 Å². The van der Waals surface area contributed by atoms with Crippen molar-refractivity contribution in [1.82, 2.24) is 9.80 Å². The summed E-state index contributed by atoms with van der Waals surface area (Å²) in [5.41, 5.74) is 3.70. The fourth-order valence-corrected chi connectivity index (χ4v) is 5.90. The van der Waals surface area contributed by atoms with Crippen LogP contribution in [0.25, 0.3) is 0 Å². The molecule has 1 aliphatic rings. The first kappa shape index (κ1) is 23.0. The Balaban J connectivity index is 1.74. The van der Waals surface area contributed by atoms with E-state index in [9.17, 15) is 4.79 Å². The summed E-state index contributed by atoms with van der Waals surface area (Å²) in [7, 11) is 2.18. The van der Waals surface area contributed by atoms with Gasteiger partial charge in [0.05, 0.1) is 17.5 Å². The molecule has 170 valence electrons. The van der Waals surface area contributed by atoms with Gasteiger partial charge in [-0.05, 0) is 62.5 Å². The van der Waals surface area contributed by atoms with Gasteiger partial charge in [-0.25, -0.2) is 0 Å². The van der Waals surface area contributed by atoms with Gasteiger partial charge in [0.1, 0.15) is 10.8 Å². The third-order valence-corrected chi connectivity index (χ3v) is 8.09. The number of nitrogens with zero attached hydrogens (tertiary/aromatic N) is 2. The summed E-state index contributed by atoms with van der Waals surface area (Å²) in [5, 5.41) is 6.13. The smallest absolute Gasteiger partial charge is 0.266 e. The number of amides is 1. The normalized spacial score (nSPS) is 16.1. The fraction of sp³-hybridized carbons (Fsp3) is 0.400. The zero-order valence-corrected chi connectivity index (χ0v) is 20.8. The van der Waals surface area contributed by atoms with E-state index in [1.165, 1.54) is 32.9 Å². The van der Waals surface area contributed by atoms with Crippen LogP contribution in [0.5, 0.6) is 5.75 Å². The molecule has 1 fully saturated rings. The number of anilines is 1. The van der Waals surface area contributed by atoms with Crippen molar-refractivity contribution in [3.05, 3.63) is 68.2 Å². The van der Waals surface area contributed by atoms with Crippen LogP contribution in [0.1, 0.15) is 44.2 Å². The van der Waals surface area contributed by atoms with Crippen LogP contribution >= 0.6 is 22.7 Å². The number of aryl methyl sites for hydroxylation is 1. The van der Waals surface area contributed by atoms with E-state index in [4.69, 9.17) is 4.74 Å². The van der Waals surface area contributed by atoms with E-state index in [2.05, 4.69) is 60.3 Å². The number of thiophene rings is 2. The zero-order chi connectivity index (χ0) is 22.7. The number of rotatable bonds is 7. The maximum absolute atomic E-state index is 12.9. The lowest BCUT2D eigenvalue weighted by Crippen LogP contribution is -2.46. The molecular formula is C25H31N3O2S2. The number of nitrogens with one attached hydrogen (secondary N) is 1. The molecule has 5 nitrogen and oxygen atoms in total. The molecule has 7 heteroatoms. The number of ether oxygens (including phenoxy) is 1. The van der Waals surface area contributed by atoms with Crippen molar-refractivity contribution in [2.75, 3.05) is 45.2 Å². The van der Waals surface area contributed by atoms with Gasteiger partial charge >= 0.3 is 0 Å². The Labute approximate surface area is 198 Å². The van der Waals surface area contributed by atoms with Crippen molar-refractivity contribution in [1.29, 1.82) is 0 Å². The van der Waals surface area contributed by atoms with Crippen LogP contribution in [0.3, 0.4) is 0 Å². The molecule has 0 bridgehead atoms. The maximum Gasteiger partial charge on any atom is 0.266 e. The molecule has 0 radical (unpaired) electrons. The Kier molecular flexibility index (Phi) is 7.30. The van der Waals surface area contributed by atoms with Crippen LogP contribution in [0.2, 0.25) is 0 Å². The number of carbonyl (C=O) groups excluding carboxylic acids is 1. The molecule has 1 aromatic carbocycles. The molecule has 3 aromatic rings. The van der Waals surface area contributed by atoms with E-state index in [1.54, 1.807) is 11.3 Å². The summed E-state index contributed by atoms with van der Waals surface area (Å²) in [6.45, 7) is 11.0. The monoisotopic (exact) mass is 469 g/mol. The second-order valence-corrected chi connectivity index (χ2v) is 10.4. The lowest BCUT2D eigenvalue weighted by Gasteiger charge is -2.39. The van der Waals surface area contributed by atoms with Gasteiger partial charge in [-0.2, -0.15) is 0 Å². The van der Waals surface area contributed by atoms with Crippen molar-refractivity contribution in [2.24, 2.45) is 0 Å². The van der Waals surface area contributed by atoms with Crippen molar-refractivity contribution in [3.8, 4) is 5.75 Å². The van der Waals surface area contributed by atoms with Crippen LogP contribution in [0.4, 0.5) is 5.00 Å². The number of piperazine rings is 1. The minimum Gasteiger partial charge on any atom is -0.494 e. The quantitative estimate of drug-likeness (QED) is 0.502. The van der Waals surface area contributed by atoms with Gasteiger partial charge in [-0.1, -0.05) is 18.2 Å². The minimum atomic E-state index is -0.0358. The lowest BCUT2D eigenvalue weighted by molar-refractivity contribution is 0.103.